The summed E-state index contributed by atoms with van der Waals surface area (Å²) in [4.78, 5) is 13.4. The molecule has 4 rings (SSSR count). The molecule has 0 amide bonds. The van der Waals surface area contributed by atoms with Crippen LogP contribution in [0.25, 0.3) is 28.3 Å². The largest absolute Gasteiger partial charge is 0.371 e. The quantitative estimate of drug-likeness (QED) is 0.596. The lowest BCUT2D eigenvalue weighted by atomic mass is 10.2. The van der Waals surface area contributed by atoms with Gasteiger partial charge >= 0.3 is 0 Å². The fraction of sp³-hybridized carbons (Fsp3) is 0.143. The maximum atomic E-state index is 4.59. The Kier molecular flexibility index (Phi) is 2.86. The molecule has 0 aliphatic carbocycles. The summed E-state index contributed by atoms with van der Waals surface area (Å²) in [6.45, 7) is 0. The normalized spacial score (nSPS) is 11.4. The van der Waals surface area contributed by atoms with Gasteiger partial charge in [0.1, 0.15) is 0 Å². The Balaban J connectivity index is 2.05. The molecule has 0 unspecified atom stereocenters. The monoisotopic (exact) mass is 357 g/mol. The molecule has 0 aliphatic rings. The second kappa shape index (κ2) is 4.77. The van der Waals surface area contributed by atoms with Gasteiger partial charge in [-0.25, -0.2) is 4.98 Å². The molecule has 8 heteroatoms. The number of aryl methyl sites for hydroxylation is 1. The van der Waals surface area contributed by atoms with Crippen LogP contribution in [0.2, 0.25) is 0 Å². The topological polar surface area (TPSA) is 72.9 Å². The first-order valence-corrected chi connectivity index (χ1v) is 7.48. The van der Waals surface area contributed by atoms with E-state index in [1.165, 1.54) is 0 Å². The molecule has 0 saturated carbocycles. The summed E-state index contributed by atoms with van der Waals surface area (Å²) in [5, 5.41) is 7.65. The Morgan fingerprint density at radius 2 is 2.09 bits per heavy atom. The molecule has 22 heavy (non-hydrogen) atoms. The number of imidazole rings is 1. The Morgan fingerprint density at radius 3 is 2.86 bits per heavy atom. The van der Waals surface area contributed by atoms with Crippen molar-refractivity contribution in [2.24, 2.45) is 7.05 Å². The summed E-state index contributed by atoms with van der Waals surface area (Å²) in [5.41, 5.74) is 2.55. The summed E-state index contributed by atoms with van der Waals surface area (Å²) >= 11 is 3.47. The third-order valence-corrected chi connectivity index (χ3v) is 3.95. The zero-order valence-electron chi connectivity index (χ0n) is 11.9. The molecule has 3 aromatic heterocycles. The molecule has 7 nitrogen and oxygen atoms in total. The van der Waals surface area contributed by atoms with Crippen molar-refractivity contribution < 1.29 is 0 Å². The number of halogens is 1. The minimum atomic E-state index is 0.537. The zero-order chi connectivity index (χ0) is 15.3. The third kappa shape index (κ3) is 1.87. The first-order chi connectivity index (χ1) is 10.7. The number of aromatic nitrogens is 6. The van der Waals surface area contributed by atoms with Gasteiger partial charge in [-0.3, -0.25) is 0 Å². The van der Waals surface area contributed by atoms with Gasteiger partial charge in [-0.2, -0.15) is 14.5 Å². The van der Waals surface area contributed by atoms with Crippen molar-refractivity contribution in [1.82, 2.24) is 29.1 Å². The molecular formula is C14H12BrN7. The van der Waals surface area contributed by atoms with Crippen molar-refractivity contribution in [2.45, 2.75) is 0 Å². The predicted molar refractivity (Wildman–Crippen MR) is 87.7 cm³/mol. The highest BCUT2D eigenvalue weighted by Crippen LogP contribution is 2.24. The van der Waals surface area contributed by atoms with Crippen LogP contribution in [-0.4, -0.2) is 36.2 Å². The van der Waals surface area contributed by atoms with E-state index in [1.807, 2.05) is 42.9 Å². The Labute approximate surface area is 134 Å². The van der Waals surface area contributed by atoms with Crippen LogP contribution in [0, 0.1) is 0 Å². The van der Waals surface area contributed by atoms with E-state index in [-0.39, 0.29) is 0 Å². The average Bonchev–Trinajstić information content (AvgIpc) is 3.10. The predicted octanol–water partition coefficient (Wildman–Crippen LogP) is 2.48. The van der Waals surface area contributed by atoms with E-state index < -0.39 is 0 Å². The molecule has 0 radical (unpaired) electrons. The van der Waals surface area contributed by atoms with Gasteiger partial charge in [-0.15, -0.1) is 5.10 Å². The van der Waals surface area contributed by atoms with Crippen molar-refractivity contribution in [2.75, 3.05) is 12.4 Å². The zero-order valence-corrected chi connectivity index (χ0v) is 13.5. The van der Waals surface area contributed by atoms with E-state index >= 15 is 0 Å². The lowest BCUT2D eigenvalue weighted by Crippen LogP contribution is -2.02. The number of rotatable bonds is 2. The molecule has 4 aromatic rings. The van der Waals surface area contributed by atoms with Crippen LogP contribution in [0.1, 0.15) is 0 Å². The molecule has 0 saturated heterocycles. The van der Waals surface area contributed by atoms with Gasteiger partial charge in [0, 0.05) is 24.1 Å². The van der Waals surface area contributed by atoms with Gasteiger partial charge in [0.15, 0.2) is 22.8 Å². The van der Waals surface area contributed by atoms with Gasteiger partial charge in [-0.05, 0) is 12.1 Å². The SMILES string of the molecule is CNc1nc2nc(-c3cccc(Br)c3)nn2c2c1ncn2C. The van der Waals surface area contributed by atoms with Crippen molar-refractivity contribution >= 4 is 38.7 Å². The molecule has 3 heterocycles. The summed E-state index contributed by atoms with van der Waals surface area (Å²) in [6.07, 6.45) is 1.74. The fourth-order valence-electron chi connectivity index (χ4n) is 2.44. The van der Waals surface area contributed by atoms with E-state index in [2.05, 4.69) is 41.3 Å². The van der Waals surface area contributed by atoms with Crippen LogP contribution in [0.15, 0.2) is 35.1 Å². The standard InChI is InChI=1S/C14H12BrN7/c1-16-12-10-13(21(2)7-17-10)22-14(19-12)18-11(20-22)8-4-3-5-9(15)6-8/h3-7H,1-2H3,(H,16,18,19,20). The molecule has 0 aliphatic heterocycles. The number of hydrogen-bond acceptors (Lipinski definition) is 5. The molecule has 0 bridgehead atoms. The summed E-state index contributed by atoms with van der Waals surface area (Å²) in [5.74, 6) is 1.86. The van der Waals surface area contributed by atoms with Gasteiger partial charge in [-0.1, -0.05) is 28.1 Å². The summed E-state index contributed by atoms with van der Waals surface area (Å²) < 4.78 is 4.61. The Bertz CT molecular complexity index is 1000. The first kappa shape index (κ1) is 13.2. The van der Waals surface area contributed by atoms with Crippen molar-refractivity contribution in [3.63, 3.8) is 0 Å². The lowest BCUT2D eigenvalue weighted by molar-refractivity contribution is 0.876. The van der Waals surface area contributed by atoms with Gasteiger partial charge in [0.2, 0.25) is 0 Å². The van der Waals surface area contributed by atoms with Crippen molar-refractivity contribution in [3.8, 4) is 11.4 Å². The number of hydrogen-bond donors (Lipinski definition) is 1. The fourth-order valence-corrected chi connectivity index (χ4v) is 2.84. The van der Waals surface area contributed by atoms with Crippen LogP contribution < -0.4 is 5.32 Å². The number of nitrogens with one attached hydrogen (secondary N) is 1. The smallest absolute Gasteiger partial charge is 0.256 e. The maximum absolute atomic E-state index is 4.59. The molecule has 0 fully saturated rings. The molecular weight excluding hydrogens is 346 g/mol. The molecule has 0 spiro atoms. The average molecular weight is 358 g/mol. The van der Waals surface area contributed by atoms with Gasteiger partial charge < -0.3 is 9.88 Å². The van der Waals surface area contributed by atoms with Crippen LogP contribution in [0.5, 0.6) is 0 Å². The lowest BCUT2D eigenvalue weighted by Gasteiger charge is -2.02. The summed E-state index contributed by atoms with van der Waals surface area (Å²) in [7, 11) is 3.74. The minimum Gasteiger partial charge on any atom is -0.371 e. The molecule has 110 valence electrons. The van der Waals surface area contributed by atoms with Crippen LogP contribution in [0.4, 0.5) is 5.82 Å². The first-order valence-electron chi connectivity index (χ1n) is 6.69. The van der Waals surface area contributed by atoms with Crippen LogP contribution in [0.3, 0.4) is 0 Å². The maximum Gasteiger partial charge on any atom is 0.256 e. The second-order valence-corrected chi connectivity index (χ2v) is 5.81. The Morgan fingerprint density at radius 1 is 1.23 bits per heavy atom. The van der Waals surface area contributed by atoms with Crippen molar-refractivity contribution in [3.05, 3.63) is 35.1 Å². The number of anilines is 1. The molecule has 1 N–H and O–H groups in total. The highest BCUT2D eigenvalue weighted by molar-refractivity contribution is 9.10. The van der Waals surface area contributed by atoms with Crippen LogP contribution in [-0.2, 0) is 7.05 Å². The Hall–Kier alpha value is -2.48. The molecule has 0 atom stereocenters. The highest BCUT2D eigenvalue weighted by Gasteiger charge is 2.16. The van der Waals surface area contributed by atoms with E-state index in [4.69, 9.17) is 0 Å². The number of fused-ring (bicyclic) bond motifs is 3. The second-order valence-electron chi connectivity index (χ2n) is 4.90. The van der Waals surface area contributed by atoms with Gasteiger partial charge in [0.25, 0.3) is 5.78 Å². The van der Waals surface area contributed by atoms with E-state index in [0.717, 1.165) is 21.2 Å². The number of benzene rings is 1. The third-order valence-electron chi connectivity index (χ3n) is 3.45. The van der Waals surface area contributed by atoms with E-state index in [1.54, 1.807) is 10.8 Å². The van der Waals surface area contributed by atoms with E-state index in [0.29, 0.717) is 17.4 Å². The number of nitrogens with zero attached hydrogens (tertiary/aromatic N) is 6. The summed E-state index contributed by atoms with van der Waals surface area (Å²) in [6, 6.07) is 7.88. The molecule has 1 aromatic carbocycles. The minimum absolute atomic E-state index is 0.537. The van der Waals surface area contributed by atoms with Gasteiger partial charge in [0.05, 0.1) is 6.33 Å². The van der Waals surface area contributed by atoms with E-state index in [9.17, 15) is 0 Å². The highest BCUT2D eigenvalue weighted by atomic mass is 79.9. The van der Waals surface area contributed by atoms with Crippen molar-refractivity contribution in [1.29, 1.82) is 0 Å². The van der Waals surface area contributed by atoms with Crippen LogP contribution >= 0.6 is 15.9 Å².